The Hall–Kier alpha value is -2.48. The number of nitrogens with zero attached hydrogens (tertiary/aromatic N) is 1. The zero-order valence-electron chi connectivity index (χ0n) is 18.6. The average Bonchev–Trinajstić information content (AvgIpc) is 2.81. The summed E-state index contributed by atoms with van der Waals surface area (Å²) in [6, 6.07) is 21.3. The number of halogens is 1. The molecule has 0 saturated heterocycles. The minimum Gasteiger partial charge on any atom is -0.354 e. The Morgan fingerprint density at radius 2 is 1.67 bits per heavy atom. The summed E-state index contributed by atoms with van der Waals surface area (Å²) >= 11 is 7.58. The number of hydrogen-bond donors (Lipinski definition) is 1. The number of aryl methyl sites for hydroxylation is 1. The first-order valence-corrected chi connectivity index (χ1v) is 13.4. The molecule has 0 saturated carbocycles. The molecule has 0 heterocycles. The summed E-state index contributed by atoms with van der Waals surface area (Å²) in [4.78, 5) is 14.0. The zero-order chi connectivity index (χ0) is 23.8. The van der Waals surface area contributed by atoms with Crippen LogP contribution in [0.3, 0.4) is 0 Å². The van der Waals surface area contributed by atoms with Crippen molar-refractivity contribution in [2.45, 2.75) is 30.1 Å². The van der Waals surface area contributed by atoms with Gasteiger partial charge in [0.1, 0.15) is 6.54 Å². The highest BCUT2D eigenvalue weighted by Gasteiger charge is 2.28. The summed E-state index contributed by atoms with van der Waals surface area (Å²) in [5.41, 5.74) is 2.29. The van der Waals surface area contributed by atoms with Gasteiger partial charge in [-0.05, 0) is 79.6 Å². The van der Waals surface area contributed by atoms with E-state index < -0.39 is 10.0 Å². The van der Waals surface area contributed by atoms with Crippen LogP contribution in [-0.4, -0.2) is 33.2 Å². The topological polar surface area (TPSA) is 66.5 Å². The lowest BCUT2D eigenvalue weighted by molar-refractivity contribution is -0.119. The molecule has 33 heavy (non-hydrogen) atoms. The maximum Gasteiger partial charge on any atom is 0.264 e. The second-order valence-corrected chi connectivity index (χ2v) is 11.0. The van der Waals surface area contributed by atoms with Gasteiger partial charge in [0.05, 0.1) is 10.6 Å². The first-order valence-electron chi connectivity index (χ1n) is 10.6. The maximum absolute atomic E-state index is 13.4. The molecule has 1 amide bonds. The first kappa shape index (κ1) is 25.1. The second-order valence-electron chi connectivity index (χ2n) is 7.55. The van der Waals surface area contributed by atoms with Gasteiger partial charge < -0.3 is 5.32 Å². The minimum atomic E-state index is -3.91. The Morgan fingerprint density at radius 1 is 0.970 bits per heavy atom. The average molecular weight is 503 g/mol. The quantitative estimate of drug-likeness (QED) is 0.295. The number of amides is 1. The van der Waals surface area contributed by atoms with Gasteiger partial charge in [-0.15, -0.1) is 11.8 Å². The van der Waals surface area contributed by atoms with Crippen molar-refractivity contribution in [1.29, 1.82) is 0 Å². The molecule has 8 heteroatoms. The van der Waals surface area contributed by atoms with Gasteiger partial charge in [0.15, 0.2) is 0 Å². The van der Waals surface area contributed by atoms with Crippen LogP contribution in [0.1, 0.15) is 17.5 Å². The lowest BCUT2D eigenvalue weighted by Gasteiger charge is -2.26. The normalized spacial score (nSPS) is 11.2. The molecule has 3 aromatic rings. The molecule has 0 atom stereocenters. The molecule has 5 nitrogen and oxygen atoms in total. The molecule has 0 bridgehead atoms. The number of thioether (sulfide) groups is 1. The van der Waals surface area contributed by atoms with Gasteiger partial charge in [0, 0.05) is 16.5 Å². The zero-order valence-corrected chi connectivity index (χ0v) is 21.0. The van der Waals surface area contributed by atoms with E-state index in [0.29, 0.717) is 17.3 Å². The third-order valence-corrected chi connectivity index (χ3v) is 8.31. The second kappa shape index (κ2) is 11.6. The molecule has 0 aliphatic rings. The highest BCUT2D eigenvalue weighted by molar-refractivity contribution is 7.99. The Morgan fingerprint density at radius 3 is 2.36 bits per heavy atom. The first-order chi connectivity index (χ1) is 15.8. The minimum absolute atomic E-state index is 0.151. The van der Waals surface area contributed by atoms with Crippen LogP contribution in [0.2, 0.25) is 5.02 Å². The Kier molecular flexibility index (Phi) is 8.83. The fourth-order valence-electron chi connectivity index (χ4n) is 3.23. The third kappa shape index (κ3) is 6.76. The number of hydrogen-bond acceptors (Lipinski definition) is 4. The van der Waals surface area contributed by atoms with E-state index in [1.54, 1.807) is 54.2 Å². The molecule has 0 fully saturated rings. The van der Waals surface area contributed by atoms with E-state index in [1.807, 2.05) is 44.2 Å². The predicted molar refractivity (Wildman–Crippen MR) is 137 cm³/mol. The molecule has 3 rings (SSSR count). The van der Waals surface area contributed by atoms with E-state index in [-0.39, 0.29) is 17.3 Å². The summed E-state index contributed by atoms with van der Waals surface area (Å²) in [6.07, 6.45) is 0.758. The van der Waals surface area contributed by atoms with Gasteiger partial charge in [-0.3, -0.25) is 9.10 Å². The fourth-order valence-corrected chi connectivity index (χ4v) is 5.71. The number of anilines is 1. The predicted octanol–water partition coefficient (Wildman–Crippen LogP) is 5.45. The molecule has 1 N–H and O–H groups in total. The van der Waals surface area contributed by atoms with Gasteiger partial charge in [0.25, 0.3) is 10.0 Å². The molecule has 0 unspecified atom stereocenters. The number of carbonyl (C=O) groups excluding carboxylic acids is 1. The van der Waals surface area contributed by atoms with Crippen LogP contribution in [0.4, 0.5) is 5.69 Å². The van der Waals surface area contributed by atoms with Crippen LogP contribution in [0.5, 0.6) is 0 Å². The van der Waals surface area contributed by atoms with Crippen molar-refractivity contribution in [2.24, 2.45) is 0 Å². The SMILES string of the molecule is Cc1cccc(N(CC(=O)NCCCSc2ccc(Cl)cc2)S(=O)(=O)c2ccccc2)c1C. The van der Waals surface area contributed by atoms with Crippen LogP contribution in [0.15, 0.2) is 82.6 Å². The molecule has 0 aromatic heterocycles. The van der Waals surface area contributed by atoms with E-state index in [9.17, 15) is 13.2 Å². The number of sulfonamides is 1. The fraction of sp³-hybridized carbons (Fsp3) is 0.240. The molecule has 0 radical (unpaired) electrons. The van der Waals surface area contributed by atoms with Gasteiger partial charge in [-0.25, -0.2) is 8.42 Å². The van der Waals surface area contributed by atoms with E-state index in [2.05, 4.69) is 5.32 Å². The Labute approximate surface area is 205 Å². The number of benzene rings is 3. The molecule has 0 aliphatic carbocycles. The molecule has 3 aromatic carbocycles. The van der Waals surface area contributed by atoms with Crippen molar-refractivity contribution in [2.75, 3.05) is 23.1 Å². The van der Waals surface area contributed by atoms with E-state index >= 15 is 0 Å². The summed E-state index contributed by atoms with van der Waals surface area (Å²) in [7, 11) is -3.91. The monoisotopic (exact) mass is 502 g/mol. The smallest absolute Gasteiger partial charge is 0.264 e. The molecular formula is C25H27ClN2O3S2. The van der Waals surface area contributed by atoms with Gasteiger partial charge in [0.2, 0.25) is 5.91 Å². The van der Waals surface area contributed by atoms with Crippen LogP contribution < -0.4 is 9.62 Å². The highest BCUT2D eigenvalue weighted by atomic mass is 35.5. The van der Waals surface area contributed by atoms with Crippen molar-refractivity contribution in [3.8, 4) is 0 Å². The molecular weight excluding hydrogens is 476 g/mol. The molecule has 0 spiro atoms. The van der Waals surface area contributed by atoms with Crippen LogP contribution >= 0.6 is 23.4 Å². The number of rotatable bonds is 10. The van der Waals surface area contributed by atoms with Gasteiger partial charge in [-0.1, -0.05) is 41.9 Å². The standard InChI is InChI=1S/C25H27ClN2O3S2/c1-19-8-6-11-24(20(19)2)28(33(30,31)23-9-4-3-5-10-23)18-25(29)27-16-7-17-32-22-14-12-21(26)13-15-22/h3-6,8-15H,7,16-18H2,1-2H3,(H,27,29). The highest BCUT2D eigenvalue weighted by Crippen LogP contribution is 2.28. The molecule has 174 valence electrons. The van der Waals surface area contributed by atoms with E-state index in [1.165, 1.54) is 4.31 Å². The summed E-state index contributed by atoms with van der Waals surface area (Å²) in [6.45, 7) is 3.96. The summed E-state index contributed by atoms with van der Waals surface area (Å²) < 4.78 is 28.0. The summed E-state index contributed by atoms with van der Waals surface area (Å²) in [5.74, 6) is 0.484. The summed E-state index contributed by atoms with van der Waals surface area (Å²) in [5, 5.41) is 3.56. The van der Waals surface area contributed by atoms with Crippen LogP contribution in [0.25, 0.3) is 0 Å². The van der Waals surface area contributed by atoms with Crippen molar-refractivity contribution in [1.82, 2.24) is 5.32 Å². The Bertz CT molecular complexity index is 1180. The number of nitrogens with one attached hydrogen (secondary N) is 1. The Balaban J connectivity index is 1.66. The lowest BCUT2D eigenvalue weighted by atomic mass is 10.1. The van der Waals surface area contributed by atoms with E-state index in [4.69, 9.17) is 11.6 Å². The largest absolute Gasteiger partial charge is 0.354 e. The van der Waals surface area contributed by atoms with Crippen LogP contribution in [-0.2, 0) is 14.8 Å². The van der Waals surface area contributed by atoms with Crippen molar-refractivity contribution in [3.05, 3.63) is 88.9 Å². The van der Waals surface area contributed by atoms with Crippen molar-refractivity contribution >= 4 is 45.0 Å². The van der Waals surface area contributed by atoms with Crippen molar-refractivity contribution < 1.29 is 13.2 Å². The lowest BCUT2D eigenvalue weighted by Crippen LogP contribution is -2.41. The van der Waals surface area contributed by atoms with Gasteiger partial charge in [-0.2, -0.15) is 0 Å². The van der Waals surface area contributed by atoms with E-state index in [0.717, 1.165) is 28.2 Å². The third-order valence-electron chi connectivity index (χ3n) is 5.19. The van der Waals surface area contributed by atoms with Crippen LogP contribution in [0, 0.1) is 13.8 Å². The number of carbonyl (C=O) groups is 1. The maximum atomic E-state index is 13.4. The van der Waals surface area contributed by atoms with Crippen molar-refractivity contribution in [3.63, 3.8) is 0 Å². The molecule has 0 aliphatic heterocycles. The van der Waals surface area contributed by atoms with Gasteiger partial charge >= 0.3 is 0 Å².